The summed E-state index contributed by atoms with van der Waals surface area (Å²) in [5.41, 5.74) is 0. The second kappa shape index (κ2) is 11.1. The minimum absolute atomic E-state index is 0.252. The lowest BCUT2D eigenvalue weighted by molar-refractivity contribution is -0.450. The standard InChI is InChI=1S/C26H15F15O2S/c27-20(28,21(29,30)22(31,32)23(33,34)24(35,36)25(37,38)26(39,40)41)19(42)43-44(16-10-4-1-5-11-16,17-12-6-2-7-13-17)18-14-8-3-9-15-18/h1-15H. The lowest BCUT2D eigenvalue weighted by Gasteiger charge is -2.43. The first kappa shape index (κ1) is 34.9. The molecule has 18 heteroatoms. The van der Waals surface area contributed by atoms with Gasteiger partial charge in [0.25, 0.3) is 0 Å². The molecule has 3 aromatic rings. The molecular formula is C26H15F15O2S. The molecule has 0 unspecified atom stereocenters. The van der Waals surface area contributed by atoms with E-state index in [1.165, 1.54) is 54.6 Å². The molecule has 0 heterocycles. The molecule has 2 nitrogen and oxygen atoms in total. The fraction of sp³-hybridized carbons (Fsp3) is 0.269. The molecule has 3 aromatic carbocycles. The second-order valence-corrected chi connectivity index (χ2v) is 11.5. The number of alkyl halides is 15. The average molecular weight is 676 g/mol. The Balaban J connectivity index is 2.22. The maximum Gasteiger partial charge on any atom is 0.460 e. The largest absolute Gasteiger partial charge is 0.460 e. The molecule has 0 aliphatic heterocycles. The number of carbonyl (C=O) groups excluding carboxylic acids is 1. The molecule has 0 spiro atoms. The van der Waals surface area contributed by atoms with Crippen LogP contribution in [0.15, 0.2) is 106 Å². The van der Waals surface area contributed by atoms with E-state index in [0.717, 1.165) is 36.4 Å². The number of benzene rings is 3. The van der Waals surface area contributed by atoms with Crippen molar-refractivity contribution in [3.05, 3.63) is 91.0 Å². The van der Waals surface area contributed by atoms with Gasteiger partial charge in [-0.2, -0.15) is 65.9 Å². The van der Waals surface area contributed by atoms with E-state index in [9.17, 15) is 70.7 Å². The third kappa shape index (κ3) is 5.03. The summed E-state index contributed by atoms with van der Waals surface area (Å²) < 4.78 is 211. The number of hydrogen-bond donors (Lipinski definition) is 0. The SMILES string of the molecule is O=C(OS(c1ccccc1)(c1ccccc1)c1ccccc1)C(F)(F)C(F)(F)C(F)(F)C(F)(F)C(F)(F)C(F)(F)C(F)(F)F. The smallest absolute Gasteiger partial charge is 0.397 e. The van der Waals surface area contributed by atoms with Crippen LogP contribution in [0.4, 0.5) is 65.9 Å². The van der Waals surface area contributed by atoms with Crippen molar-refractivity contribution in [1.29, 1.82) is 0 Å². The van der Waals surface area contributed by atoms with E-state index < -0.39 is 58.0 Å². The molecule has 0 saturated carbocycles. The molecule has 0 atom stereocenters. The van der Waals surface area contributed by atoms with E-state index in [4.69, 9.17) is 4.18 Å². The maximum atomic E-state index is 14.9. The molecule has 0 fully saturated rings. The zero-order valence-electron chi connectivity index (χ0n) is 21.1. The van der Waals surface area contributed by atoms with Crippen molar-refractivity contribution in [1.82, 2.24) is 0 Å². The van der Waals surface area contributed by atoms with Gasteiger partial charge in [0.2, 0.25) is 0 Å². The van der Waals surface area contributed by atoms with Crippen LogP contribution < -0.4 is 0 Å². The summed E-state index contributed by atoms with van der Waals surface area (Å²) in [6.07, 6.45) is -7.74. The normalized spacial score (nSPS) is 14.7. The third-order valence-electron chi connectivity index (χ3n) is 6.01. The fourth-order valence-corrected chi connectivity index (χ4v) is 6.71. The molecule has 0 aromatic heterocycles. The van der Waals surface area contributed by atoms with Crippen LogP contribution in [-0.4, -0.2) is 47.7 Å². The van der Waals surface area contributed by atoms with Gasteiger partial charge in [-0.15, -0.1) is 0 Å². The first-order chi connectivity index (χ1) is 19.9. The van der Waals surface area contributed by atoms with Crippen LogP contribution in [0.2, 0.25) is 0 Å². The highest BCUT2D eigenvalue weighted by Gasteiger charge is 2.94. The summed E-state index contributed by atoms with van der Waals surface area (Å²) in [5.74, 6) is -52.6. The van der Waals surface area contributed by atoms with Gasteiger partial charge in [-0.3, -0.25) is 0 Å². The Morgan fingerprint density at radius 3 is 1.00 bits per heavy atom. The Hall–Kier alpha value is -3.57. The van der Waals surface area contributed by atoms with Crippen molar-refractivity contribution in [2.75, 3.05) is 0 Å². The molecular weight excluding hydrogens is 661 g/mol. The van der Waals surface area contributed by atoms with Crippen LogP contribution in [0.5, 0.6) is 0 Å². The average Bonchev–Trinajstić information content (AvgIpc) is 2.96. The van der Waals surface area contributed by atoms with E-state index in [0.29, 0.717) is 0 Å². The highest BCUT2D eigenvalue weighted by molar-refractivity contribution is 8.30. The summed E-state index contributed by atoms with van der Waals surface area (Å²) in [7, 11) is -4.04. The van der Waals surface area contributed by atoms with Crippen molar-refractivity contribution >= 4 is 16.3 Å². The summed E-state index contributed by atoms with van der Waals surface area (Å²) in [5, 5.41) is 0. The van der Waals surface area contributed by atoms with Gasteiger partial charge in [-0.25, -0.2) is 4.79 Å². The van der Waals surface area contributed by atoms with Crippen LogP contribution in [0, 0.1) is 0 Å². The Bertz CT molecular complexity index is 1350. The van der Waals surface area contributed by atoms with Crippen LogP contribution in [0.3, 0.4) is 0 Å². The van der Waals surface area contributed by atoms with Crippen molar-refractivity contribution in [2.24, 2.45) is 0 Å². The quantitative estimate of drug-likeness (QED) is 0.200. The lowest BCUT2D eigenvalue weighted by Crippen LogP contribution is -2.73. The predicted molar refractivity (Wildman–Crippen MR) is 124 cm³/mol. The second-order valence-electron chi connectivity index (χ2n) is 8.81. The summed E-state index contributed by atoms with van der Waals surface area (Å²) in [6, 6.07) is 18.2. The van der Waals surface area contributed by atoms with Gasteiger partial charge in [0.05, 0.1) is 0 Å². The van der Waals surface area contributed by atoms with Gasteiger partial charge in [0.15, 0.2) is 0 Å². The highest BCUT2D eigenvalue weighted by atomic mass is 32.3. The molecule has 0 N–H and O–H groups in total. The molecule has 0 bridgehead atoms. The summed E-state index contributed by atoms with van der Waals surface area (Å²) in [6.45, 7) is 0. The first-order valence-electron chi connectivity index (χ1n) is 11.5. The third-order valence-corrected chi connectivity index (χ3v) is 9.22. The van der Waals surface area contributed by atoms with Gasteiger partial charge in [-0.05, 0) is 46.7 Å². The van der Waals surface area contributed by atoms with E-state index >= 15 is 0 Å². The minimum Gasteiger partial charge on any atom is -0.397 e. The Morgan fingerprint density at radius 1 is 0.432 bits per heavy atom. The van der Waals surface area contributed by atoms with Crippen molar-refractivity contribution in [3.8, 4) is 0 Å². The number of rotatable bonds is 10. The molecule has 0 amide bonds. The molecule has 0 aliphatic rings. The van der Waals surface area contributed by atoms with Gasteiger partial charge in [-0.1, -0.05) is 54.6 Å². The van der Waals surface area contributed by atoms with E-state index in [1.54, 1.807) is 0 Å². The zero-order chi connectivity index (χ0) is 33.6. The van der Waals surface area contributed by atoms with Crippen molar-refractivity contribution in [3.63, 3.8) is 0 Å². The fourth-order valence-electron chi connectivity index (χ4n) is 3.65. The van der Waals surface area contributed by atoms with Crippen LogP contribution >= 0.6 is 10.3 Å². The Labute approximate surface area is 238 Å². The Kier molecular flexibility index (Phi) is 8.81. The molecule has 0 radical (unpaired) electrons. The first-order valence-corrected chi connectivity index (χ1v) is 13.1. The molecule has 3 rings (SSSR count). The topological polar surface area (TPSA) is 26.3 Å². The van der Waals surface area contributed by atoms with Gasteiger partial charge in [0.1, 0.15) is 0 Å². The van der Waals surface area contributed by atoms with Gasteiger partial charge in [0, 0.05) is 14.7 Å². The number of carbonyl (C=O) groups is 1. The van der Waals surface area contributed by atoms with E-state index in [2.05, 4.69) is 0 Å². The minimum atomic E-state index is -8.53. The van der Waals surface area contributed by atoms with Crippen LogP contribution in [0.25, 0.3) is 0 Å². The summed E-state index contributed by atoms with van der Waals surface area (Å²) in [4.78, 5) is 11.9. The van der Waals surface area contributed by atoms with E-state index in [-0.39, 0.29) is 14.7 Å². The van der Waals surface area contributed by atoms with Crippen LogP contribution in [-0.2, 0) is 8.98 Å². The summed E-state index contributed by atoms with van der Waals surface area (Å²) >= 11 is 0. The van der Waals surface area contributed by atoms with Crippen LogP contribution in [0.1, 0.15) is 0 Å². The van der Waals surface area contributed by atoms with Crippen molar-refractivity contribution in [2.45, 2.75) is 56.4 Å². The maximum absolute atomic E-state index is 14.9. The molecule has 0 aliphatic carbocycles. The van der Waals surface area contributed by atoms with Gasteiger partial charge >= 0.3 is 47.7 Å². The molecule has 0 saturated heterocycles. The number of hydrogen-bond acceptors (Lipinski definition) is 2. The highest BCUT2D eigenvalue weighted by Crippen LogP contribution is 2.70. The predicted octanol–water partition coefficient (Wildman–Crippen LogP) is 9.80. The number of halogens is 15. The van der Waals surface area contributed by atoms with Gasteiger partial charge < -0.3 is 4.18 Å². The molecule has 44 heavy (non-hydrogen) atoms. The van der Waals surface area contributed by atoms with E-state index in [1.807, 2.05) is 0 Å². The monoisotopic (exact) mass is 676 g/mol. The van der Waals surface area contributed by atoms with Crippen molar-refractivity contribution < 1.29 is 74.8 Å². The lowest BCUT2D eigenvalue weighted by atomic mass is 9.91. The molecule has 242 valence electrons. The Morgan fingerprint density at radius 2 is 0.705 bits per heavy atom. The zero-order valence-corrected chi connectivity index (χ0v) is 21.9.